The third-order valence-electron chi connectivity index (χ3n) is 2.64. The number of nitrogens with zero attached hydrogens (tertiary/aromatic N) is 1. The van der Waals surface area contributed by atoms with Crippen LogP contribution < -0.4 is 5.73 Å². The average Bonchev–Trinajstić information content (AvgIpc) is 2.41. The fourth-order valence-electron chi connectivity index (χ4n) is 1.84. The fraction of sp³-hybridized carbons (Fsp3) is 0.667. The van der Waals surface area contributed by atoms with Crippen LogP contribution in [0.1, 0.15) is 49.1 Å². The first-order valence-electron chi connectivity index (χ1n) is 4.44. The van der Waals surface area contributed by atoms with Crippen molar-refractivity contribution in [2.24, 2.45) is 0 Å². The molecule has 0 aliphatic heterocycles. The van der Waals surface area contributed by atoms with Crippen molar-refractivity contribution < 1.29 is 0 Å². The molecule has 1 aromatic rings. The van der Waals surface area contributed by atoms with Crippen LogP contribution in [0.15, 0.2) is 0 Å². The molecule has 2 N–H and O–H groups in total. The summed E-state index contributed by atoms with van der Waals surface area (Å²) in [6.07, 6.45) is 2.55. The summed E-state index contributed by atoms with van der Waals surface area (Å²) in [6, 6.07) is 0. The molecule has 0 radical (unpaired) electrons. The molecule has 0 spiro atoms. The van der Waals surface area contributed by atoms with Crippen LogP contribution in [-0.4, -0.2) is 4.98 Å². The van der Waals surface area contributed by atoms with Crippen molar-refractivity contribution in [1.82, 2.24) is 4.98 Å². The smallest absolute Gasteiger partial charge is 0.180 e. The van der Waals surface area contributed by atoms with Gasteiger partial charge in [0, 0.05) is 4.88 Å². The first-order chi connectivity index (χ1) is 5.68. The Balaban J connectivity index is 2.47. The lowest BCUT2D eigenvalue weighted by atomic mass is 9.86. The molecule has 66 valence electrons. The number of anilines is 1. The maximum atomic E-state index is 5.69. The van der Waals surface area contributed by atoms with Crippen LogP contribution >= 0.6 is 11.3 Å². The van der Waals surface area contributed by atoms with Gasteiger partial charge in [-0.3, -0.25) is 0 Å². The zero-order valence-electron chi connectivity index (χ0n) is 7.50. The summed E-state index contributed by atoms with van der Waals surface area (Å²) in [5, 5.41) is 0.737. The highest BCUT2D eigenvalue weighted by molar-refractivity contribution is 7.15. The van der Waals surface area contributed by atoms with Crippen LogP contribution in [-0.2, 0) is 0 Å². The molecular formula is C9H14N2S. The molecule has 1 aromatic heterocycles. The van der Waals surface area contributed by atoms with E-state index in [1.54, 1.807) is 11.3 Å². The summed E-state index contributed by atoms with van der Waals surface area (Å²) in [5.74, 6) is 1.29. The van der Waals surface area contributed by atoms with Crippen LogP contribution in [0.25, 0.3) is 0 Å². The summed E-state index contributed by atoms with van der Waals surface area (Å²) >= 11 is 1.67. The number of nitrogens with two attached hydrogens (primary N) is 1. The van der Waals surface area contributed by atoms with Crippen molar-refractivity contribution in [3.8, 4) is 0 Å². The molecule has 0 saturated carbocycles. The number of fused-ring (bicyclic) bond motifs is 1. The Morgan fingerprint density at radius 3 is 2.67 bits per heavy atom. The minimum absolute atomic E-state index is 0.616. The van der Waals surface area contributed by atoms with Gasteiger partial charge in [0.1, 0.15) is 0 Å². The number of nitrogen functional groups attached to an aromatic ring is 1. The molecule has 3 heteroatoms. The summed E-state index contributed by atoms with van der Waals surface area (Å²) in [4.78, 5) is 5.80. The van der Waals surface area contributed by atoms with Crippen LogP contribution in [0.5, 0.6) is 0 Å². The monoisotopic (exact) mass is 182 g/mol. The quantitative estimate of drug-likeness (QED) is 0.670. The third kappa shape index (κ3) is 1.12. The van der Waals surface area contributed by atoms with Crippen LogP contribution in [0.2, 0.25) is 0 Å². The van der Waals surface area contributed by atoms with Crippen molar-refractivity contribution in [2.45, 2.75) is 38.5 Å². The number of hydrogen-bond donors (Lipinski definition) is 1. The third-order valence-corrected chi connectivity index (χ3v) is 3.78. The molecule has 0 saturated heterocycles. The molecule has 1 aliphatic carbocycles. The highest BCUT2D eigenvalue weighted by Gasteiger charge is 2.25. The Morgan fingerprint density at radius 2 is 2.00 bits per heavy atom. The molecule has 1 heterocycles. The van der Waals surface area contributed by atoms with Crippen molar-refractivity contribution >= 4 is 16.5 Å². The minimum Gasteiger partial charge on any atom is -0.375 e. The van der Waals surface area contributed by atoms with E-state index in [1.807, 2.05) is 0 Å². The Bertz CT molecular complexity index is 265. The number of hydrogen-bond acceptors (Lipinski definition) is 3. The topological polar surface area (TPSA) is 38.9 Å². The van der Waals surface area contributed by atoms with Crippen LogP contribution in [0.3, 0.4) is 0 Å². The average molecular weight is 182 g/mol. The molecule has 12 heavy (non-hydrogen) atoms. The van der Waals surface area contributed by atoms with Gasteiger partial charge in [-0.25, -0.2) is 4.98 Å². The fourth-order valence-corrected chi connectivity index (χ4v) is 2.88. The number of aromatic nitrogens is 1. The highest BCUT2D eigenvalue weighted by Crippen LogP contribution is 2.41. The number of thiazole rings is 1. The van der Waals surface area contributed by atoms with Crippen LogP contribution in [0, 0.1) is 0 Å². The molecular weight excluding hydrogens is 168 g/mol. The van der Waals surface area contributed by atoms with E-state index in [-0.39, 0.29) is 0 Å². The van der Waals surface area contributed by atoms with Gasteiger partial charge in [0.2, 0.25) is 0 Å². The lowest BCUT2D eigenvalue weighted by Gasteiger charge is -2.21. The van der Waals surface area contributed by atoms with E-state index in [0.29, 0.717) is 11.8 Å². The first kappa shape index (κ1) is 8.05. The summed E-state index contributed by atoms with van der Waals surface area (Å²) in [5.41, 5.74) is 6.95. The summed E-state index contributed by atoms with van der Waals surface area (Å²) in [6.45, 7) is 4.51. The van der Waals surface area contributed by atoms with Crippen LogP contribution in [0.4, 0.5) is 5.13 Å². The lowest BCUT2D eigenvalue weighted by molar-refractivity contribution is 0.526. The largest absolute Gasteiger partial charge is 0.375 e. The second-order valence-electron chi connectivity index (χ2n) is 3.68. The Morgan fingerprint density at radius 1 is 1.33 bits per heavy atom. The van der Waals surface area contributed by atoms with E-state index in [0.717, 1.165) is 5.13 Å². The Kier molecular flexibility index (Phi) is 1.83. The number of rotatable bonds is 0. The van der Waals surface area contributed by atoms with E-state index >= 15 is 0 Å². The molecule has 2 rings (SSSR count). The second kappa shape index (κ2) is 2.73. The zero-order chi connectivity index (χ0) is 8.72. The molecule has 0 amide bonds. The van der Waals surface area contributed by atoms with E-state index in [2.05, 4.69) is 18.8 Å². The van der Waals surface area contributed by atoms with Gasteiger partial charge in [0.15, 0.2) is 5.13 Å². The molecule has 0 aromatic carbocycles. The maximum Gasteiger partial charge on any atom is 0.180 e. The van der Waals surface area contributed by atoms with Crippen molar-refractivity contribution in [1.29, 1.82) is 0 Å². The van der Waals surface area contributed by atoms with Crippen molar-refractivity contribution in [2.75, 3.05) is 5.73 Å². The molecule has 1 aliphatic rings. The molecule has 2 unspecified atom stereocenters. The van der Waals surface area contributed by atoms with E-state index in [1.165, 1.54) is 23.4 Å². The highest BCUT2D eigenvalue weighted by atomic mass is 32.1. The molecule has 0 fully saturated rings. The van der Waals surface area contributed by atoms with Crippen molar-refractivity contribution in [3.05, 3.63) is 10.6 Å². The van der Waals surface area contributed by atoms with Gasteiger partial charge >= 0.3 is 0 Å². The van der Waals surface area contributed by atoms with Crippen molar-refractivity contribution in [3.63, 3.8) is 0 Å². The standard InChI is InChI=1S/C9H14N2S/c1-5-3-4-6(2)8-7(5)11-9(10)12-8/h5-6H,3-4H2,1-2H3,(H2,10,11). The summed E-state index contributed by atoms with van der Waals surface area (Å²) in [7, 11) is 0. The van der Waals surface area contributed by atoms with E-state index in [4.69, 9.17) is 5.73 Å². The first-order valence-corrected chi connectivity index (χ1v) is 5.26. The SMILES string of the molecule is CC1CCC(C)c2sc(N)nc21. The predicted octanol–water partition coefficient (Wildman–Crippen LogP) is 2.73. The minimum atomic E-state index is 0.616. The summed E-state index contributed by atoms with van der Waals surface area (Å²) < 4.78 is 0. The molecule has 2 nitrogen and oxygen atoms in total. The van der Waals surface area contributed by atoms with Gasteiger partial charge in [-0.05, 0) is 24.7 Å². The van der Waals surface area contributed by atoms with E-state index in [9.17, 15) is 0 Å². The van der Waals surface area contributed by atoms with Gasteiger partial charge in [0.05, 0.1) is 5.69 Å². The Hall–Kier alpha value is -0.570. The normalized spacial score (nSPS) is 28.5. The van der Waals surface area contributed by atoms with Gasteiger partial charge in [-0.2, -0.15) is 0 Å². The predicted molar refractivity (Wildman–Crippen MR) is 52.6 cm³/mol. The van der Waals surface area contributed by atoms with Gasteiger partial charge in [-0.15, -0.1) is 11.3 Å². The second-order valence-corrected chi connectivity index (χ2v) is 4.74. The molecule has 2 atom stereocenters. The maximum absolute atomic E-state index is 5.69. The van der Waals surface area contributed by atoms with Gasteiger partial charge in [-0.1, -0.05) is 13.8 Å². The lowest BCUT2D eigenvalue weighted by Crippen LogP contribution is -2.08. The molecule has 0 bridgehead atoms. The van der Waals surface area contributed by atoms with Gasteiger partial charge < -0.3 is 5.73 Å². The zero-order valence-corrected chi connectivity index (χ0v) is 8.32. The van der Waals surface area contributed by atoms with E-state index < -0.39 is 0 Å². The van der Waals surface area contributed by atoms with Gasteiger partial charge in [0.25, 0.3) is 0 Å². The Labute approximate surface area is 76.8 Å².